The predicted octanol–water partition coefficient (Wildman–Crippen LogP) is 6.66. The Morgan fingerprint density at radius 3 is 2.58 bits per heavy atom. The van der Waals surface area contributed by atoms with Gasteiger partial charge in [-0.2, -0.15) is 4.98 Å². The quantitative estimate of drug-likeness (QED) is 0.166. The van der Waals surface area contributed by atoms with Crippen molar-refractivity contribution in [1.29, 1.82) is 0 Å². The number of rotatable bonds is 10. The van der Waals surface area contributed by atoms with E-state index in [9.17, 15) is 4.79 Å². The Balaban J connectivity index is 1.48. The minimum absolute atomic E-state index is 0.155. The van der Waals surface area contributed by atoms with E-state index in [2.05, 4.69) is 10.3 Å². The van der Waals surface area contributed by atoms with Gasteiger partial charge in [-0.15, -0.1) is 5.10 Å². The van der Waals surface area contributed by atoms with Crippen LogP contribution in [-0.4, -0.2) is 33.6 Å². The maximum atomic E-state index is 13.6. The molecule has 0 saturated carbocycles. The van der Waals surface area contributed by atoms with E-state index in [-0.39, 0.29) is 13.2 Å². The van der Waals surface area contributed by atoms with Crippen LogP contribution in [0.3, 0.4) is 0 Å². The average molecular weight is 577 g/mol. The summed E-state index contributed by atoms with van der Waals surface area (Å²) < 4.78 is 19.3. The fourth-order valence-electron chi connectivity index (χ4n) is 4.44. The van der Waals surface area contributed by atoms with E-state index >= 15 is 0 Å². The Morgan fingerprint density at radius 1 is 1.05 bits per heavy atom. The third kappa shape index (κ3) is 5.95. The van der Waals surface area contributed by atoms with E-state index in [0.717, 1.165) is 22.4 Å². The van der Waals surface area contributed by atoms with Crippen LogP contribution in [-0.2, 0) is 22.7 Å². The molecule has 206 valence electrons. The van der Waals surface area contributed by atoms with Crippen molar-refractivity contribution < 1.29 is 19.0 Å². The lowest BCUT2D eigenvalue weighted by Crippen LogP contribution is -2.29. The summed E-state index contributed by atoms with van der Waals surface area (Å²) in [4.78, 5) is 18.2. The normalized spacial score (nSPS) is 14.3. The summed E-state index contributed by atoms with van der Waals surface area (Å²) in [7, 11) is 1.58. The Hall–Kier alpha value is -3.95. The Morgan fingerprint density at radius 2 is 1.82 bits per heavy atom. The molecule has 0 amide bonds. The zero-order valence-electron chi connectivity index (χ0n) is 22.4. The molecule has 0 aliphatic carbocycles. The van der Waals surface area contributed by atoms with Gasteiger partial charge < -0.3 is 19.5 Å². The second kappa shape index (κ2) is 12.5. The first-order chi connectivity index (χ1) is 19.5. The molecule has 1 aliphatic rings. The summed E-state index contributed by atoms with van der Waals surface area (Å²) in [5.41, 5.74) is 3.62. The van der Waals surface area contributed by atoms with Gasteiger partial charge in [0, 0.05) is 16.3 Å². The van der Waals surface area contributed by atoms with Crippen LogP contribution in [0.2, 0.25) is 5.02 Å². The molecule has 0 saturated heterocycles. The molecule has 0 fully saturated rings. The number of allylic oxidation sites excluding steroid dienone is 1. The van der Waals surface area contributed by atoms with Crippen molar-refractivity contribution in [3.8, 4) is 11.5 Å². The topological polar surface area (TPSA) is 87.5 Å². The van der Waals surface area contributed by atoms with Gasteiger partial charge >= 0.3 is 5.97 Å². The number of fused-ring (bicyclic) bond motifs is 1. The van der Waals surface area contributed by atoms with Crippen LogP contribution in [0.15, 0.2) is 89.2 Å². The van der Waals surface area contributed by atoms with Gasteiger partial charge in [0.1, 0.15) is 19.3 Å². The fraction of sp³-hybridized carbons (Fsp3) is 0.233. The fourth-order valence-corrected chi connectivity index (χ4v) is 5.18. The number of hydrogen-bond acceptors (Lipinski definition) is 8. The number of carbonyl (C=O) groups is 1. The molecule has 1 aliphatic heterocycles. The van der Waals surface area contributed by atoms with Crippen LogP contribution in [0.25, 0.3) is 0 Å². The van der Waals surface area contributed by atoms with Gasteiger partial charge in [0.2, 0.25) is 11.1 Å². The highest BCUT2D eigenvalue weighted by Crippen LogP contribution is 2.40. The molecule has 1 unspecified atom stereocenters. The van der Waals surface area contributed by atoms with Crippen molar-refractivity contribution in [3.63, 3.8) is 0 Å². The maximum Gasteiger partial charge on any atom is 0.338 e. The van der Waals surface area contributed by atoms with Gasteiger partial charge in [0.05, 0.1) is 12.7 Å². The minimum atomic E-state index is -0.593. The lowest BCUT2D eigenvalue weighted by molar-refractivity contribution is -0.140. The number of anilines is 1. The van der Waals surface area contributed by atoms with Gasteiger partial charge in [-0.25, -0.2) is 9.48 Å². The van der Waals surface area contributed by atoms with Crippen molar-refractivity contribution in [2.75, 3.05) is 18.2 Å². The summed E-state index contributed by atoms with van der Waals surface area (Å²) in [6.45, 7) is 4.32. The standard InChI is InChI=1S/C30H29ClN4O4S/c1-4-40-30-33-29-32-19(2)26(28(36)39-17-20-10-6-5-7-11-20)27(35(29)34-30)21-14-15-24(25(16-21)37-3)38-18-22-12-8-9-13-23(22)31/h5-16,27H,4,17-18H2,1-3H3,(H,32,33,34). The summed E-state index contributed by atoms with van der Waals surface area (Å²) in [5, 5.41) is 9.21. The van der Waals surface area contributed by atoms with Crippen molar-refractivity contribution in [2.45, 2.75) is 38.3 Å². The smallest absolute Gasteiger partial charge is 0.338 e. The van der Waals surface area contributed by atoms with Gasteiger partial charge in [-0.1, -0.05) is 84.9 Å². The maximum absolute atomic E-state index is 13.6. The average Bonchev–Trinajstić information content (AvgIpc) is 3.37. The summed E-state index contributed by atoms with van der Waals surface area (Å²) >= 11 is 7.83. The lowest BCUT2D eigenvalue weighted by Gasteiger charge is -2.28. The number of ether oxygens (including phenoxy) is 3. The van der Waals surface area contributed by atoms with Crippen LogP contribution >= 0.6 is 23.4 Å². The first kappa shape index (κ1) is 27.6. The number of thioether (sulfide) groups is 1. The van der Waals surface area contributed by atoms with Crippen molar-refractivity contribution >= 4 is 35.3 Å². The first-order valence-corrected chi connectivity index (χ1v) is 14.2. The minimum Gasteiger partial charge on any atom is -0.493 e. The van der Waals surface area contributed by atoms with E-state index in [0.29, 0.717) is 38.9 Å². The SMILES string of the molecule is CCSc1nc2n(n1)C(c1ccc(OCc3ccccc3Cl)c(OC)c1)C(C(=O)OCc1ccccc1)=C(C)N2. The zero-order valence-corrected chi connectivity index (χ0v) is 24.0. The number of hydrogen-bond donors (Lipinski definition) is 1. The molecule has 10 heteroatoms. The molecule has 8 nitrogen and oxygen atoms in total. The van der Waals surface area contributed by atoms with Crippen LogP contribution < -0.4 is 14.8 Å². The monoisotopic (exact) mass is 576 g/mol. The van der Waals surface area contributed by atoms with E-state index in [1.165, 1.54) is 11.8 Å². The number of benzene rings is 3. The predicted molar refractivity (Wildman–Crippen MR) is 156 cm³/mol. The lowest BCUT2D eigenvalue weighted by atomic mass is 9.95. The van der Waals surface area contributed by atoms with Crippen LogP contribution in [0.5, 0.6) is 11.5 Å². The molecular formula is C30H29ClN4O4S. The molecule has 3 aromatic carbocycles. The largest absolute Gasteiger partial charge is 0.493 e. The van der Waals surface area contributed by atoms with E-state index in [1.807, 2.05) is 86.6 Å². The van der Waals surface area contributed by atoms with Crippen molar-refractivity contribution in [1.82, 2.24) is 14.8 Å². The molecule has 0 radical (unpaired) electrons. The third-order valence-electron chi connectivity index (χ3n) is 6.38. The molecule has 40 heavy (non-hydrogen) atoms. The molecular weight excluding hydrogens is 548 g/mol. The molecule has 2 heterocycles. The Labute approximate surface area is 242 Å². The van der Waals surface area contributed by atoms with Crippen molar-refractivity contribution in [2.24, 2.45) is 0 Å². The Bertz CT molecular complexity index is 1540. The molecule has 4 aromatic rings. The summed E-state index contributed by atoms with van der Waals surface area (Å²) in [6, 6.07) is 22.1. The summed E-state index contributed by atoms with van der Waals surface area (Å²) in [5.74, 6) is 1.99. The van der Waals surface area contributed by atoms with Crippen molar-refractivity contribution in [3.05, 3.63) is 106 Å². The van der Waals surface area contributed by atoms with E-state index in [4.69, 9.17) is 30.9 Å². The molecule has 1 N–H and O–H groups in total. The van der Waals surface area contributed by atoms with Crippen LogP contribution in [0.4, 0.5) is 5.95 Å². The number of halogens is 1. The molecule has 0 spiro atoms. The van der Waals surface area contributed by atoms with Gasteiger partial charge in [0.15, 0.2) is 11.5 Å². The number of esters is 1. The number of methoxy groups -OCH3 is 1. The second-order valence-corrected chi connectivity index (χ2v) is 10.7. The number of aromatic nitrogens is 3. The highest BCUT2D eigenvalue weighted by molar-refractivity contribution is 7.99. The van der Waals surface area contributed by atoms with E-state index in [1.54, 1.807) is 11.8 Å². The zero-order chi connectivity index (χ0) is 28.1. The first-order valence-electron chi connectivity index (χ1n) is 12.8. The highest BCUT2D eigenvalue weighted by atomic mass is 35.5. The van der Waals surface area contributed by atoms with E-state index < -0.39 is 12.0 Å². The molecule has 0 bridgehead atoms. The molecule has 5 rings (SSSR count). The molecule has 1 aromatic heterocycles. The van der Waals surface area contributed by atoms with Gasteiger partial charge in [-0.3, -0.25) is 0 Å². The Kier molecular flexibility index (Phi) is 8.62. The second-order valence-electron chi connectivity index (χ2n) is 9.01. The third-order valence-corrected chi connectivity index (χ3v) is 7.47. The molecule has 1 atom stereocenters. The summed E-state index contributed by atoms with van der Waals surface area (Å²) in [6.07, 6.45) is 0. The highest BCUT2D eigenvalue weighted by Gasteiger charge is 2.36. The van der Waals surface area contributed by atoms with Gasteiger partial charge in [0.25, 0.3) is 0 Å². The number of nitrogens with zero attached hydrogens (tertiary/aromatic N) is 3. The van der Waals surface area contributed by atoms with Gasteiger partial charge in [-0.05, 0) is 42.0 Å². The van der Waals surface area contributed by atoms with Crippen LogP contribution in [0, 0.1) is 0 Å². The number of carbonyl (C=O) groups excluding carboxylic acids is 1. The van der Waals surface area contributed by atoms with Crippen LogP contribution in [0.1, 0.15) is 36.6 Å². The number of nitrogens with one attached hydrogen (secondary N) is 1.